The van der Waals surface area contributed by atoms with E-state index in [-0.39, 0.29) is 16.8 Å². The van der Waals surface area contributed by atoms with Gasteiger partial charge < -0.3 is 9.88 Å². The molecule has 0 saturated heterocycles. The lowest BCUT2D eigenvalue weighted by Crippen LogP contribution is -2.46. The summed E-state index contributed by atoms with van der Waals surface area (Å²) in [7, 11) is 0. The van der Waals surface area contributed by atoms with Crippen LogP contribution >= 0.6 is 12.2 Å². The van der Waals surface area contributed by atoms with E-state index < -0.39 is 0 Å². The lowest BCUT2D eigenvalue weighted by atomic mass is 10.2. The highest BCUT2D eigenvalue weighted by Crippen LogP contribution is 2.17. The summed E-state index contributed by atoms with van der Waals surface area (Å²) in [6, 6.07) is 11.5. The molecule has 1 aromatic heterocycles. The Labute approximate surface area is 161 Å². The van der Waals surface area contributed by atoms with Crippen LogP contribution in [0.15, 0.2) is 42.5 Å². The number of nitrogens with zero attached hydrogens (tertiary/aromatic N) is 2. The number of hydrazine groups is 1. The third-order valence-electron chi connectivity index (χ3n) is 4.17. The van der Waals surface area contributed by atoms with E-state index in [4.69, 9.17) is 12.2 Å². The van der Waals surface area contributed by atoms with E-state index in [9.17, 15) is 9.18 Å². The number of thiocarbonyl (C=S) groups is 1. The zero-order valence-corrected chi connectivity index (χ0v) is 15.9. The molecule has 3 aromatic rings. The molecule has 0 aliphatic rings. The molecule has 3 rings (SSSR count). The third kappa shape index (κ3) is 4.40. The van der Waals surface area contributed by atoms with Crippen molar-refractivity contribution in [3.8, 4) is 0 Å². The van der Waals surface area contributed by atoms with Crippen molar-refractivity contribution < 1.29 is 9.18 Å². The Balaban J connectivity index is 1.56. The van der Waals surface area contributed by atoms with E-state index in [0.29, 0.717) is 12.1 Å². The summed E-state index contributed by atoms with van der Waals surface area (Å²) in [6.45, 7) is 5.24. The van der Waals surface area contributed by atoms with E-state index in [1.807, 2.05) is 13.0 Å². The molecule has 0 radical (unpaired) electrons. The minimum absolute atomic E-state index is 0.264. The number of carbonyl (C=O) groups is 1. The van der Waals surface area contributed by atoms with Crippen LogP contribution in [0.2, 0.25) is 0 Å². The molecule has 0 aliphatic carbocycles. The Morgan fingerprint density at radius 3 is 2.63 bits per heavy atom. The van der Waals surface area contributed by atoms with Gasteiger partial charge in [-0.3, -0.25) is 15.6 Å². The van der Waals surface area contributed by atoms with E-state index in [1.165, 1.54) is 12.1 Å². The lowest BCUT2D eigenvalue weighted by Gasteiger charge is -2.12. The van der Waals surface area contributed by atoms with Gasteiger partial charge in [0, 0.05) is 18.7 Å². The van der Waals surface area contributed by atoms with E-state index >= 15 is 0 Å². The van der Waals surface area contributed by atoms with Crippen LogP contribution < -0.4 is 16.2 Å². The maximum Gasteiger partial charge on any atom is 0.269 e. The van der Waals surface area contributed by atoms with Gasteiger partial charge in [-0.2, -0.15) is 0 Å². The third-order valence-corrected chi connectivity index (χ3v) is 4.42. The van der Waals surface area contributed by atoms with Crippen molar-refractivity contribution in [1.29, 1.82) is 0 Å². The Bertz CT molecular complexity index is 984. The molecular weight excluding hydrogens is 365 g/mol. The van der Waals surface area contributed by atoms with Gasteiger partial charge in [0.05, 0.1) is 11.0 Å². The standard InChI is InChI=1S/C19H20FN5OS/c1-3-25-12(2)22-16-10-14(6-9-17(16)25)18(26)23-24-19(27)21-11-13-4-7-15(20)8-5-13/h4-10H,3,11H2,1-2H3,(H,23,26)(H2,21,24,27). The van der Waals surface area contributed by atoms with Crippen LogP contribution in [0.5, 0.6) is 0 Å². The highest BCUT2D eigenvalue weighted by atomic mass is 32.1. The van der Waals surface area contributed by atoms with Gasteiger partial charge in [-0.25, -0.2) is 9.37 Å². The molecule has 0 spiro atoms. The highest BCUT2D eigenvalue weighted by Gasteiger charge is 2.11. The monoisotopic (exact) mass is 385 g/mol. The van der Waals surface area contributed by atoms with Gasteiger partial charge in [-0.1, -0.05) is 12.1 Å². The number of carbonyl (C=O) groups excluding carboxylic acids is 1. The van der Waals surface area contributed by atoms with Crippen molar-refractivity contribution in [2.45, 2.75) is 26.9 Å². The normalized spacial score (nSPS) is 10.6. The molecule has 0 unspecified atom stereocenters. The van der Waals surface area contributed by atoms with Crippen LogP contribution in [0.25, 0.3) is 11.0 Å². The lowest BCUT2D eigenvalue weighted by molar-refractivity contribution is 0.0944. The predicted octanol–water partition coefficient (Wildman–Crippen LogP) is 2.81. The van der Waals surface area contributed by atoms with Crippen LogP contribution in [0.4, 0.5) is 4.39 Å². The van der Waals surface area contributed by atoms with Gasteiger partial charge in [0.25, 0.3) is 5.91 Å². The Hall–Kier alpha value is -3.00. The number of halogens is 1. The largest absolute Gasteiger partial charge is 0.357 e. The molecule has 0 saturated carbocycles. The number of benzene rings is 2. The average Bonchev–Trinajstić information content (AvgIpc) is 2.99. The molecule has 27 heavy (non-hydrogen) atoms. The molecule has 0 bridgehead atoms. The van der Waals surface area contributed by atoms with Crippen molar-refractivity contribution in [2.75, 3.05) is 0 Å². The number of aromatic nitrogens is 2. The summed E-state index contributed by atoms with van der Waals surface area (Å²) in [6.07, 6.45) is 0. The summed E-state index contributed by atoms with van der Waals surface area (Å²) in [5, 5.41) is 3.20. The number of amides is 1. The number of hydrogen-bond acceptors (Lipinski definition) is 3. The van der Waals surface area contributed by atoms with Gasteiger partial charge in [0.1, 0.15) is 11.6 Å². The molecule has 2 aromatic carbocycles. The van der Waals surface area contributed by atoms with Crippen LogP contribution in [0.3, 0.4) is 0 Å². The van der Waals surface area contributed by atoms with Crippen LogP contribution in [0.1, 0.15) is 28.7 Å². The molecular formula is C19H20FN5OS. The Morgan fingerprint density at radius 2 is 1.93 bits per heavy atom. The maximum atomic E-state index is 12.9. The SMILES string of the molecule is CCn1c(C)nc2cc(C(=O)NNC(=S)NCc3ccc(F)cc3)ccc21. The van der Waals surface area contributed by atoms with Gasteiger partial charge in [-0.15, -0.1) is 0 Å². The minimum Gasteiger partial charge on any atom is -0.357 e. The van der Waals surface area contributed by atoms with Crippen molar-refractivity contribution in [3.05, 3.63) is 65.2 Å². The number of nitrogens with one attached hydrogen (secondary N) is 3. The molecule has 0 atom stereocenters. The summed E-state index contributed by atoms with van der Waals surface area (Å²) in [5.74, 6) is 0.309. The van der Waals surface area contributed by atoms with E-state index in [2.05, 4.69) is 32.6 Å². The van der Waals surface area contributed by atoms with Crippen molar-refractivity contribution in [2.24, 2.45) is 0 Å². The Morgan fingerprint density at radius 1 is 1.19 bits per heavy atom. The number of imidazole rings is 1. The van der Waals surface area contributed by atoms with Crippen LogP contribution in [0, 0.1) is 12.7 Å². The topological polar surface area (TPSA) is 71.0 Å². The number of rotatable bonds is 4. The second-order valence-corrected chi connectivity index (χ2v) is 6.40. The fourth-order valence-corrected chi connectivity index (χ4v) is 2.93. The smallest absolute Gasteiger partial charge is 0.269 e. The predicted molar refractivity (Wildman–Crippen MR) is 107 cm³/mol. The minimum atomic E-state index is -0.313. The first-order valence-corrected chi connectivity index (χ1v) is 8.94. The quantitative estimate of drug-likeness (QED) is 0.476. The highest BCUT2D eigenvalue weighted by molar-refractivity contribution is 7.80. The molecule has 140 valence electrons. The summed E-state index contributed by atoms with van der Waals surface area (Å²) >= 11 is 5.13. The fraction of sp³-hybridized carbons (Fsp3) is 0.211. The zero-order valence-electron chi connectivity index (χ0n) is 15.0. The van der Waals surface area contributed by atoms with Crippen molar-refractivity contribution in [1.82, 2.24) is 25.7 Å². The first kappa shape index (κ1) is 18.8. The number of aryl methyl sites for hydroxylation is 2. The molecule has 0 fully saturated rings. The van der Waals surface area contributed by atoms with Gasteiger partial charge in [-0.05, 0) is 62.0 Å². The second kappa shape index (κ2) is 8.13. The van der Waals surface area contributed by atoms with E-state index in [0.717, 1.165) is 29.0 Å². The van der Waals surface area contributed by atoms with Gasteiger partial charge in [0.2, 0.25) is 0 Å². The summed E-state index contributed by atoms with van der Waals surface area (Å²) in [4.78, 5) is 16.8. The molecule has 3 N–H and O–H groups in total. The first-order valence-electron chi connectivity index (χ1n) is 8.53. The Kier molecular flexibility index (Phi) is 5.66. The molecule has 1 heterocycles. The maximum absolute atomic E-state index is 12.9. The summed E-state index contributed by atoms with van der Waals surface area (Å²) in [5.41, 5.74) is 8.35. The second-order valence-electron chi connectivity index (χ2n) is 6.00. The fourth-order valence-electron chi connectivity index (χ4n) is 2.81. The number of hydrogen-bond donors (Lipinski definition) is 3. The molecule has 1 amide bonds. The number of fused-ring (bicyclic) bond motifs is 1. The van der Waals surface area contributed by atoms with Gasteiger partial charge >= 0.3 is 0 Å². The van der Waals surface area contributed by atoms with Crippen LogP contribution in [-0.2, 0) is 13.1 Å². The van der Waals surface area contributed by atoms with Crippen molar-refractivity contribution >= 4 is 34.3 Å². The molecule has 8 heteroatoms. The van der Waals surface area contributed by atoms with Gasteiger partial charge in [0.15, 0.2) is 5.11 Å². The molecule has 6 nitrogen and oxygen atoms in total. The zero-order chi connectivity index (χ0) is 19.4. The van der Waals surface area contributed by atoms with Crippen LogP contribution in [-0.4, -0.2) is 20.6 Å². The first-order chi connectivity index (χ1) is 13.0. The molecule has 0 aliphatic heterocycles. The average molecular weight is 385 g/mol. The van der Waals surface area contributed by atoms with E-state index in [1.54, 1.807) is 24.3 Å². The summed E-state index contributed by atoms with van der Waals surface area (Å²) < 4.78 is 15.0. The van der Waals surface area contributed by atoms with Crippen molar-refractivity contribution in [3.63, 3.8) is 0 Å².